The Balaban J connectivity index is 2.74. The van der Waals surface area contributed by atoms with Crippen LogP contribution in [0.2, 0.25) is 0 Å². The van der Waals surface area contributed by atoms with E-state index in [0.717, 1.165) is 0 Å². The van der Waals surface area contributed by atoms with Crippen LogP contribution in [0, 0.1) is 0 Å². The highest BCUT2D eigenvalue weighted by Gasteiger charge is 2.21. The number of hydrogen-bond donors (Lipinski definition) is 0. The first-order valence-corrected chi connectivity index (χ1v) is 6.61. The van der Waals surface area contributed by atoms with E-state index < -0.39 is 10.5 Å². The van der Waals surface area contributed by atoms with Gasteiger partial charge in [-0.25, -0.2) is 0 Å². The molecule has 2 rings (SSSR count). The van der Waals surface area contributed by atoms with Gasteiger partial charge in [-0.2, -0.15) is 0 Å². The first-order valence-electron chi connectivity index (χ1n) is 5.86. The molecule has 0 N–H and O–H groups in total. The van der Waals surface area contributed by atoms with Gasteiger partial charge in [-0.1, -0.05) is 60.7 Å². The van der Waals surface area contributed by atoms with Gasteiger partial charge in [-0.05, 0) is 34.3 Å². The smallest absolute Gasteiger partial charge is 0.253 e. The van der Waals surface area contributed by atoms with Gasteiger partial charge < -0.3 is 0 Å². The number of benzene rings is 2. The first kappa shape index (κ1) is 14.5. The lowest BCUT2D eigenvalue weighted by molar-refractivity contribution is -0.108. The van der Waals surface area contributed by atoms with Gasteiger partial charge in [-0.15, -0.1) is 0 Å². The van der Waals surface area contributed by atoms with Crippen LogP contribution in [0.5, 0.6) is 0 Å². The van der Waals surface area contributed by atoms with Crippen LogP contribution in [0.15, 0.2) is 60.7 Å². The summed E-state index contributed by atoms with van der Waals surface area (Å²) in [5.41, 5.74) is 1.33. The summed E-state index contributed by atoms with van der Waals surface area (Å²) in [4.78, 5) is 23.5. The zero-order valence-corrected chi connectivity index (χ0v) is 11.9. The Bertz CT molecular complexity index is 602. The summed E-state index contributed by atoms with van der Waals surface area (Å²) in [7, 11) is 0. The predicted molar refractivity (Wildman–Crippen MR) is 81.4 cm³/mol. The van der Waals surface area contributed by atoms with Crippen LogP contribution in [0.1, 0.15) is 11.1 Å². The third-order valence-corrected chi connectivity index (χ3v) is 3.15. The van der Waals surface area contributed by atoms with Crippen molar-refractivity contribution in [2.45, 2.75) is 0 Å². The molecule has 0 saturated carbocycles. The molecule has 0 saturated heterocycles. The molecular weight excluding hydrogens is 295 g/mol. The molecule has 0 radical (unpaired) electrons. The molecule has 0 atom stereocenters. The highest BCUT2D eigenvalue weighted by molar-refractivity contribution is 6.82. The standard InChI is InChI=1S/C16H10Cl2O2/c17-15(19)13(11-7-3-1-4-8-11)14(16(18)20)12-9-5-2-6-10-12/h1-10H/b14-13+. The monoisotopic (exact) mass is 304 g/mol. The van der Waals surface area contributed by atoms with Gasteiger partial charge in [0.2, 0.25) is 0 Å². The van der Waals surface area contributed by atoms with Gasteiger partial charge >= 0.3 is 0 Å². The van der Waals surface area contributed by atoms with Gasteiger partial charge in [0.15, 0.2) is 0 Å². The molecule has 4 heteroatoms. The Kier molecular flexibility index (Phi) is 4.72. The molecule has 2 aromatic carbocycles. The predicted octanol–water partition coefficient (Wildman–Crippen LogP) is 4.13. The Morgan fingerprint density at radius 2 is 0.900 bits per heavy atom. The fourth-order valence-corrected chi connectivity index (χ4v) is 2.33. The molecule has 0 fully saturated rings. The van der Waals surface area contributed by atoms with Gasteiger partial charge in [0, 0.05) is 0 Å². The third kappa shape index (κ3) is 3.16. The number of allylic oxidation sites excluding steroid dienone is 2. The minimum Gasteiger partial charge on any atom is -0.276 e. The molecule has 2 aromatic rings. The van der Waals surface area contributed by atoms with Crippen molar-refractivity contribution in [1.29, 1.82) is 0 Å². The minimum absolute atomic E-state index is 0.110. The average molecular weight is 305 g/mol. The van der Waals surface area contributed by atoms with Crippen LogP contribution >= 0.6 is 23.2 Å². The highest BCUT2D eigenvalue weighted by Crippen LogP contribution is 2.30. The zero-order valence-electron chi connectivity index (χ0n) is 10.3. The summed E-state index contributed by atoms with van der Waals surface area (Å²) >= 11 is 11.3. The Morgan fingerprint density at radius 1 is 0.600 bits per heavy atom. The van der Waals surface area contributed by atoms with E-state index in [-0.39, 0.29) is 11.1 Å². The maximum Gasteiger partial charge on any atom is 0.253 e. The van der Waals surface area contributed by atoms with Crippen molar-refractivity contribution >= 4 is 44.8 Å². The molecule has 0 heterocycles. The van der Waals surface area contributed by atoms with E-state index in [4.69, 9.17) is 23.2 Å². The molecule has 0 aliphatic rings. The molecule has 0 unspecified atom stereocenters. The molecule has 2 nitrogen and oxygen atoms in total. The molecule has 100 valence electrons. The van der Waals surface area contributed by atoms with Gasteiger partial charge in [0.05, 0.1) is 11.1 Å². The molecule has 0 aliphatic heterocycles. The van der Waals surface area contributed by atoms with E-state index in [1.54, 1.807) is 48.5 Å². The van der Waals surface area contributed by atoms with E-state index in [9.17, 15) is 9.59 Å². The SMILES string of the molecule is O=C(Cl)/C(=C(/C(=O)Cl)c1ccccc1)c1ccccc1. The van der Waals surface area contributed by atoms with Crippen molar-refractivity contribution in [3.05, 3.63) is 71.8 Å². The van der Waals surface area contributed by atoms with Gasteiger partial charge in [0.25, 0.3) is 10.5 Å². The van der Waals surface area contributed by atoms with E-state index in [1.807, 2.05) is 12.1 Å². The molecular formula is C16H10Cl2O2. The van der Waals surface area contributed by atoms with Crippen molar-refractivity contribution < 1.29 is 9.59 Å². The van der Waals surface area contributed by atoms with Crippen molar-refractivity contribution in [1.82, 2.24) is 0 Å². The lowest BCUT2D eigenvalue weighted by Crippen LogP contribution is -2.03. The molecule has 0 aromatic heterocycles. The number of rotatable bonds is 4. The molecule has 0 spiro atoms. The fourth-order valence-electron chi connectivity index (χ4n) is 1.92. The van der Waals surface area contributed by atoms with Crippen LogP contribution in [0.3, 0.4) is 0 Å². The third-order valence-electron chi connectivity index (χ3n) is 2.77. The van der Waals surface area contributed by atoms with E-state index in [2.05, 4.69) is 0 Å². The summed E-state index contributed by atoms with van der Waals surface area (Å²) < 4.78 is 0. The van der Waals surface area contributed by atoms with Gasteiger partial charge in [0.1, 0.15) is 0 Å². The van der Waals surface area contributed by atoms with Crippen LogP contribution in [0.4, 0.5) is 0 Å². The number of carbonyl (C=O) groups excluding carboxylic acids is 2. The summed E-state index contributed by atoms with van der Waals surface area (Å²) in [6.07, 6.45) is 0. The first-order chi connectivity index (χ1) is 9.61. The van der Waals surface area contributed by atoms with E-state index in [0.29, 0.717) is 11.1 Å². The minimum atomic E-state index is -0.718. The topological polar surface area (TPSA) is 34.1 Å². The van der Waals surface area contributed by atoms with Crippen LogP contribution in [-0.2, 0) is 9.59 Å². The quantitative estimate of drug-likeness (QED) is 0.483. The second-order valence-corrected chi connectivity index (χ2v) is 4.72. The van der Waals surface area contributed by atoms with E-state index in [1.165, 1.54) is 0 Å². The molecule has 0 bridgehead atoms. The summed E-state index contributed by atoms with van der Waals surface area (Å²) in [5.74, 6) is 0. The average Bonchev–Trinajstić information content (AvgIpc) is 2.45. The fraction of sp³-hybridized carbons (Fsp3) is 0. The highest BCUT2D eigenvalue weighted by atomic mass is 35.5. The maximum absolute atomic E-state index is 11.8. The molecule has 0 aliphatic carbocycles. The Hall–Kier alpha value is -1.90. The van der Waals surface area contributed by atoms with Crippen molar-refractivity contribution in [3.8, 4) is 0 Å². The second-order valence-electron chi connectivity index (χ2n) is 4.03. The largest absolute Gasteiger partial charge is 0.276 e. The van der Waals surface area contributed by atoms with Crippen molar-refractivity contribution in [2.24, 2.45) is 0 Å². The second kappa shape index (κ2) is 6.51. The maximum atomic E-state index is 11.8. The number of hydrogen-bond acceptors (Lipinski definition) is 2. The summed E-state index contributed by atoms with van der Waals surface area (Å²) in [6.45, 7) is 0. The molecule has 20 heavy (non-hydrogen) atoms. The zero-order chi connectivity index (χ0) is 14.5. The van der Waals surface area contributed by atoms with Gasteiger partial charge in [-0.3, -0.25) is 9.59 Å². The van der Waals surface area contributed by atoms with Crippen LogP contribution in [-0.4, -0.2) is 10.5 Å². The van der Waals surface area contributed by atoms with Crippen LogP contribution in [0.25, 0.3) is 11.1 Å². The summed E-state index contributed by atoms with van der Waals surface area (Å²) in [6, 6.07) is 17.5. The number of halogens is 2. The Morgan fingerprint density at radius 3 is 1.15 bits per heavy atom. The van der Waals surface area contributed by atoms with Crippen molar-refractivity contribution in [3.63, 3.8) is 0 Å². The normalized spacial score (nSPS) is 11.7. The number of carbonyl (C=O) groups is 2. The molecule has 0 amide bonds. The lowest BCUT2D eigenvalue weighted by atomic mass is 9.96. The lowest BCUT2D eigenvalue weighted by Gasteiger charge is -2.10. The van der Waals surface area contributed by atoms with Crippen molar-refractivity contribution in [2.75, 3.05) is 0 Å². The van der Waals surface area contributed by atoms with Crippen LogP contribution < -0.4 is 0 Å². The summed E-state index contributed by atoms with van der Waals surface area (Å²) in [5, 5.41) is -1.44. The Labute approximate surface area is 126 Å². The van der Waals surface area contributed by atoms with E-state index >= 15 is 0 Å².